The van der Waals surface area contributed by atoms with E-state index in [1.54, 1.807) is 24.0 Å². The molecule has 2 unspecified atom stereocenters. The van der Waals surface area contributed by atoms with Gasteiger partial charge in [-0.15, -0.1) is 0 Å². The van der Waals surface area contributed by atoms with Crippen LogP contribution in [0.1, 0.15) is 26.2 Å². The van der Waals surface area contributed by atoms with Gasteiger partial charge in [-0.1, -0.05) is 23.7 Å². The van der Waals surface area contributed by atoms with Gasteiger partial charge in [-0.25, -0.2) is 0 Å². The number of hydrogen-bond acceptors (Lipinski definition) is 3. The first-order valence-corrected chi connectivity index (χ1v) is 7.34. The van der Waals surface area contributed by atoms with Crippen LogP contribution in [0.2, 0.25) is 5.02 Å². The molecule has 1 aromatic carbocycles. The van der Waals surface area contributed by atoms with Gasteiger partial charge in [0, 0.05) is 6.54 Å². The van der Waals surface area contributed by atoms with Gasteiger partial charge in [0.05, 0.1) is 17.7 Å². The van der Waals surface area contributed by atoms with Gasteiger partial charge in [0.25, 0.3) is 5.91 Å². The number of aliphatic hydroxyl groups is 1. The zero-order chi connectivity index (χ0) is 14.5. The average molecular weight is 298 g/mol. The Morgan fingerprint density at radius 2 is 2.25 bits per heavy atom. The number of para-hydroxylation sites is 1. The number of nitrogens with zero attached hydrogens (tertiary/aromatic N) is 1. The number of rotatable bonds is 4. The van der Waals surface area contributed by atoms with Crippen LogP contribution in [0, 0.1) is 0 Å². The van der Waals surface area contributed by atoms with Gasteiger partial charge in [-0.3, -0.25) is 4.79 Å². The molecule has 0 saturated carbocycles. The average Bonchev–Trinajstić information content (AvgIpc) is 2.48. The van der Waals surface area contributed by atoms with Crippen molar-refractivity contribution in [1.29, 1.82) is 0 Å². The molecule has 110 valence electrons. The molecule has 4 nitrogen and oxygen atoms in total. The molecule has 1 aliphatic rings. The van der Waals surface area contributed by atoms with Crippen LogP contribution in [-0.2, 0) is 4.79 Å². The third-order valence-electron chi connectivity index (χ3n) is 3.61. The predicted octanol–water partition coefficient (Wildman–Crippen LogP) is 2.48. The fourth-order valence-electron chi connectivity index (χ4n) is 2.50. The molecule has 20 heavy (non-hydrogen) atoms. The highest BCUT2D eigenvalue weighted by Gasteiger charge is 2.30. The van der Waals surface area contributed by atoms with Crippen LogP contribution in [0.4, 0.5) is 0 Å². The van der Waals surface area contributed by atoms with E-state index in [9.17, 15) is 9.90 Å². The van der Waals surface area contributed by atoms with Crippen molar-refractivity contribution in [3.8, 4) is 5.75 Å². The molecule has 2 atom stereocenters. The Bertz CT molecular complexity index is 466. The lowest BCUT2D eigenvalue weighted by molar-refractivity contribution is -0.142. The maximum atomic E-state index is 12.4. The number of likely N-dealkylation sites (tertiary alicyclic amines) is 1. The van der Waals surface area contributed by atoms with Crippen LogP contribution < -0.4 is 4.74 Å². The second-order valence-corrected chi connectivity index (χ2v) is 5.46. The van der Waals surface area contributed by atoms with E-state index in [0.29, 0.717) is 17.3 Å². The highest BCUT2D eigenvalue weighted by atomic mass is 35.5. The molecule has 1 N–H and O–H groups in total. The lowest BCUT2D eigenvalue weighted by Crippen LogP contribution is -2.50. The number of ether oxygens (including phenoxy) is 1. The van der Waals surface area contributed by atoms with Crippen molar-refractivity contribution in [2.45, 2.75) is 38.3 Å². The fraction of sp³-hybridized carbons (Fsp3) is 0.533. The van der Waals surface area contributed by atoms with Gasteiger partial charge in [-0.05, 0) is 38.3 Å². The molecule has 0 aromatic heterocycles. The second-order valence-electron chi connectivity index (χ2n) is 5.05. The molecule has 1 heterocycles. The van der Waals surface area contributed by atoms with Crippen LogP contribution in [0.5, 0.6) is 5.75 Å². The molecule has 0 spiro atoms. The van der Waals surface area contributed by atoms with E-state index < -0.39 is 6.10 Å². The summed E-state index contributed by atoms with van der Waals surface area (Å²) < 4.78 is 5.65. The summed E-state index contributed by atoms with van der Waals surface area (Å²) in [5, 5.41) is 9.86. The summed E-state index contributed by atoms with van der Waals surface area (Å²) in [4.78, 5) is 14.2. The SMILES string of the molecule is CC(Oc1ccccc1Cl)C(=O)N1CCCCC1CO. The minimum atomic E-state index is -0.609. The first-order chi connectivity index (χ1) is 9.63. The van der Waals surface area contributed by atoms with Crippen molar-refractivity contribution in [1.82, 2.24) is 4.90 Å². The molecule has 2 rings (SSSR count). The molecule has 0 bridgehead atoms. The first kappa shape index (κ1) is 15.1. The molecule has 0 radical (unpaired) electrons. The van der Waals surface area contributed by atoms with Gasteiger partial charge in [0.15, 0.2) is 6.10 Å². The Hall–Kier alpha value is -1.26. The third-order valence-corrected chi connectivity index (χ3v) is 3.92. The zero-order valence-corrected chi connectivity index (χ0v) is 12.3. The van der Waals surface area contributed by atoms with Gasteiger partial charge in [0.1, 0.15) is 5.75 Å². The van der Waals surface area contributed by atoms with Crippen molar-refractivity contribution >= 4 is 17.5 Å². The number of benzene rings is 1. The molecule has 1 amide bonds. The minimum Gasteiger partial charge on any atom is -0.479 e. The lowest BCUT2D eigenvalue weighted by atomic mass is 10.0. The number of piperidine rings is 1. The van der Waals surface area contributed by atoms with Crippen LogP contribution >= 0.6 is 11.6 Å². The van der Waals surface area contributed by atoms with Gasteiger partial charge in [-0.2, -0.15) is 0 Å². The van der Waals surface area contributed by atoms with Crippen molar-refractivity contribution in [3.63, 3.8) is 0 Å². The summed E-state index contributed by atoms with van der Waals surface area (Å²) in [6.07, 6.45) is 2.26. The Labute approximate surface area is 124 Å². The van der Waals surface area contributed by atoms with Crippen LogP contribution in [-0.4, -0.2) is 41.2 Å². The number of amides is 1. The van der Waals surface area contributed by atoms with Gasteiger partial charge in [0.2, 0.25) is 0 Å². The van der Waals surface area contributed by atoms with Crippen molar-refractivity contribution in [3.05, 3.63) is 29.3 Å². The standard InChI is InChI=1S/C15H20ClNO3/c1-11(20-14-8-3-2-7-13(14)16)15(19)17-9-5-4-6-12(17)10-18/h2-3,7-8,11-12,18H,4-6,9-10H2,1H3. The van der Waals surface area contributed by atoms with E-state index in [2.05, 4.69) is 0 Å². The highest BCUT2D eigenvalue weighted by molar-refractivity contribution is 6.32. The Kier molecular flexibility index (Phi) is 5.26. The molecule has 1 saturated heterocycles. The smallest absolute Gasteiger partial charge is 0.263 e. The van der Waals surface area contributed by atoms with E-state index in [-0.39, 0.29) is 18.6 Å². The Morgan fingerprint density at radius 3 is 2.95 bits per heavy atom. The van der Waals surface area contributed by atoms with E-state index in [0.717, 1.165) is 19.3 Å². The summed E-state index contributed by atoms with van der Waals surface area (Å²) in [5.41, 5.74) is 0. The number of aliphatic hydroxyl groups excluding tert-OH is 1. The molecule has 5 heteroatoms. The highest BCUT2D eigenvalue weighted by Crippen LogP contribution is 2.25. The van der Waals surface area contributed by atoms with Crippen molar-refractivity contribution in [2.75, 3.05) is 13.2 Å². The second kappa shape index (κ2) is 6.95. The van der Waals surface area contributed by atoms with E-state index in [1.807, 2.05) is 12.1 Å². The van der Waals surface area contributed by atoms with Gasteiger partial charge < -0.3 is 14.7 Å². The van der Waals surface area contributed by atoms with Crippen molar-refractivity contribution < 1.29 is 14.6 Å². The molecule has 1 aliphatic heterocycles. The summed E-state index contributed by atoms with van der Waals surface area (Å²) in [5.74, 6) is 0.413. The maximum absolute atomic E-state index is 12.4. The Morgan fingerprint density at radius 1 is 1.50 bits per heavy atom. The molecular weight excluding hydrogens is 278 g/mol. The number of halogens is 1. The summed E-state index contributed by atoms with van der Waals surface area (Å²) in [7, 11) is 0. The minimum absolute atomic E-state index is 0.00452. The number of carbonyl (C=O) groups is 1. The first-order valence-electron chi connectivity index (χ1n) is 6.96. The van der Waals surface area contributed by atoms with E-state index in [4.69, 9.17) is 16.3 Å². The fourth-order valence-corrected chi connectivity index (χ4v) is 2.68. The monoisotopic (exact) mass is 297 g/mol. The Balaban J connectivity index is 2.03. The predicted molar refractivity (Wildman–Crippen MR) is 78.0 cm³/mol. The summed E-state index contributed by atoms with van der Waals surface area (Å²) in [6, 6.07) is 7.01. The molecule has 0 aliphatic carbocycles. The topological polar surface area (TPSA) is 49.8 Å². The van der Waals surface area contributed by atoms with Crippen molar-refractivity contribution in [2.24, 2.45) is 0 Å². The summed E-state index contributed by atoms with van der Waals surface area (Å²) >= 11 is 6.02. The maximum Gasteiger partial charge on any atom is 0.263 e. The lowest BCUT2D eigenvalue weighted by Gasteiger charge is -2.36. The molecular formula is C15H20ClNO3. The third kappa shape index (κ3) is 3.44. The van der Waals surface area contributed by atoms with Gasteiger partial charge >= 0.3 is 0 Å². The molecule has 1 fully saturated rings. The van der Waals surface area contributed by atoms with E-state index >= 15 is 0 Å². The zero-order valence-electron chi connectivity index (χ0n) is 11.6. The molecule has 1 aromatic rings. The quantitative estimate of drug-likeness (QED) is 0.929. The van der Waals surface area contributed by atoms with Crippen LogP contribution in [0.3, 0.4) is 0 Å². The van der Waals surface area contributed by atoms with Crippen LogP contribution in [0.15, 0.2) is 24.3 Å². The normalized spacial score (nSPS) is 20.6. The number of hydrogen-bond donors (Lipinski definition) is 1. The van der Waals surface area contributed by atoms with E-state index in [1.165, 1.54) is 0 Å². The summed E-state index contributed by atoms with van der Waals surface area (Å²) in [6.45, 7) is 2.40. The largest absolute Gasteiger partial charge is 0.479 e. The number of carbonyl (C=O) groups excluding carboxylic acids is 1. The van der Waals surface area contributed by atoms with Crippen LogP contribution in [0.25, 0.3) is 0 Å².